The number of rotatable bonds is 6. The van der Waals surface area contributed by atoms with E-state index in [0.717, 1.165) is 30.7 Å². The summed E-state index contributed by atoms with van der Waals surface area (Å²) in [6, 6.07) is 8.20. The van der Waals surface area contributed by atoms with Crippen LogP contribution in [0.15, 0.2) is 49.1 Å². The highest BCUT2D eigenvalue weighted by atomic mass is 16.5. The zero-order chi connectivity index (χ0) is 20.9. The number of nitrogens with two attached hydrogens (primary N) is 1. The van der Waals surface area contributed by atoms with Crippen molar-refractivity contribution >= 4 is 17.4 Å². The lowest BCUT2D eigenvalue weighted by Crippen LogP contribution is -2.41. The van der Waals surface area contributed by atoms with Crippen LogP contribution in [-0.4, -0.2) is 45.4 Å². The van der Waals surface area contributed by atoms with E-state index in [9.17, 15) is 4.79 Å². The maximum absolute atomic E-state index is 12.5. The van der Waals surface area contributed by atoms with Crippen LogP contribution >= 0.6 is 0 Å². The average molecular weight is 407 g/mol. The molecule has 3 heterocycles. The Morgan fingerprint density at radius 1 is 1.33 bits per heavy atom. The predicted octanol–water partition coefficient (Wildman–Crippen LogP) is 2.25. The van der Waals surface area contributed by atoms with Crippen LogP contribution in [0.5, 0.6) is 5.75 Å². The molecule has 1 aliphatic heterocycles. The molecule has 1 fully saturated rings. The van der Waals surface area contributed by atoms with E-state index < -0.39 is 5.91 Å². The van der Waals surface area contributed by atoms with Gasteiger partial charge in [-0.25, -0.2) is 9.97 Å². The molecule has 1 aromatic carbocycles. The van der Waals surface area contributed by atoms with E-state index in [1.54, 1.807) is 13.3 Å². The molecule has 0 aliphatic carbocycles. The lowest BCUT2D eigenvalue weighted by molar-refractivity contribution is 0.102. The summed E-state index contributed by atoms with van der Waals surface area (Å²) in [4.78, 5) is 20.4. The summed E-state index contributed by atoms with van der Waals surface area (Å²) in [6.07, 6.45) is 9.70. The fraction of sp³-hybridized carbons (Fsp3) is 0.333. The van der Waals surface area contributed by atoms with Crippen molar-refractivity contribution in [3.05, 3.63) is 60.3 Å². The molecule has 4 N–H and O–H groups in total. The number of methoxy groups -OCH3 is 1. The second-order valence-electron chi connectivity index (χ2n) is 7.23. The maximum atomic E-state index is 12.5. The van der Waals surface area contributed by atoms with Crippen molar-refractivity contribution in [3.8, 4) is 5.75 Å². The van der Waals surface area contributed by atoms with E-state index >= 15 is 0 Å². The minimum absolute atomic E-state index is 0.0346. The highest BCUT2D eigenvalue weighted by Gasteiger charge is 2.27. The minimum atomic E-state index is -0.422. The van der Waals surface area contributed by atoms with E-state index in [1.165, 1.54) is 18.8 Å². The third-order valence-corrected chi connectivity index (χ3v) is 5.25. The monoisotopic (exact) mass is 407 g/mol. The van der Waals surface area contributed by atoms with Gasteiger partial charge in [0.1, 0.15) is 5.75 Å². The molecular formula is C21H25N7O2. The molecular weight excluding hydrogens is 382 g/mol. The summed E-state index contributed by atoms with van der Waals surface area (Å²) in [5.41, 5.74) is 7.49. The maximum Gasteiger partial charge on any atom is 0.278 e. The third-order valence-electron chi connectivity index (χ3n) is 5.25. The van der Waals surface area contributed by atoms with E-state index in [-0.39, 0.29) is 23.6 Å². The first-order chi connectivity index (χ1) is 14.7. The number of carbonyl (C=O) groups is 1. The molecule has 9 heteroatoms. The van der Waals surface area contributed by atoms with Gasteiger partial charge in [0.15, 0.2) is 11.5 Å². The Labute approximate surface area is 174 Å². The van der Waals surface area contributed by atoms with Crippen molar-refractivity contribution < 1.29 is 9.53 Å². The first-order valence-corrected chi connectivity index (χ1v) is 9.95. The molecule has 0 radical (unpaired) electrons. The Morgan fingerprint density at radius 3 is 2.97 bits per heavy atom. The number of hydrogen-bond donors (Lipinski definition) is 3. The number of nitrogen functional groups attached to an aromatic ring is 1. The molecule has 2 atom stereocenters. The van der Waals surface area contributed by atoms with Gasteiger partial charge in [-0.2, -0.15) is 5.10 Å². The Balaban J connectivity index is 1.61. The highest BCUT2D eigenvalue weighted by Crippen LogP contribution is 2.29. The quantitative estimate of drug-likeness (QED) is 0.573. The van der Waals surface area contributed by atoms with Gasteiger partial charge in [-0.15, -0.1) is 0 Å². The topological polar surface area (TPSA) is 120 Å². The predicted molar refractivity (Wildman–Crippen MR) is 113 cm³/mol. The van der Waals surface area contributed by atoms with E-state index in [1.807, 2.05) is 29.1 Å². The lowest BCUT2D eigenvalue weighted by atomic mass is 9.92. The van der Waals surface area contributed by atoms with E-state index in [0.29, 0.717) is 5.69 Å². The zero-order valence-corrected chi connectivity index (χ0v) is 16.8. The van der Waals surface area contributed by atoms with Crippen LogP contribution in [0.25, 0.3) is 0 Å². The Bertz CT molecular complexity index is 1010. The van der Waals surface area contributed by atoms with Gasteiger partial charge in [-0.05, 0) is 37.1 Å². The third kappa shape index (κ3) is 4.25. The standard InChI is InChI=1S/C21H25N7O2/c1-30-16-6-4-5-14(11-16)19(17-7-2-3-8-23-17)28-13-15(12-26-28)27-21(29)18-20(22)25-10-9-24-18/h4-6,9-13,17,19,23H,2-3,7-8H2,1H3,(H2,22,25)(H,27,29)/t17-,19?/m1/s1. The van der Waals surface area contributed by atoms with Gasteiger partial charge in [-0.1, -0.05) is 18.6 Å². The van der Waals surface area contributed by atoms with Gasteiger partial charge in [-0.3, -0.25) is 9.48 Å². The van der Waals surface area contributed by atoms with Crippen LogP contribution in [-0.2, 0) is 0 Å². The molecule has 1 amide bonds. The van der Waals surface area contributed by atoms with Crippen LogP contribution < -0.4 is 21.1 Å². The van der Waals surface area contributed by atoms with E-state index in [4.69, 9.17) is 10.5 Å². The van der Waals surface area contributed by atoms with Crippen LogP contribution in [0.3, 0.4) is 0 Å². The van der Waals surface area contributed by atoms with Crippen molar-refractivity contribution in [3.63, 3.8) is 0 Å². The molecule has 156 valence electrons. The first-order valence-electron chi connectivity index (χ1n) is 9.95. The number of nitrogens with one attached hydrogen (secondary N) is 2. The average Bonchev–Trinajstić information content (AvgIpc) is 3.23. The minimum Gasteiger partial charge on any atom is -0.497 e. The summed E-state index contributed by atoms with van der Waals surface area (Å²) in [7, 11) is 1.66. The summed E-state index contributed by atoms with van der Waals surface area (Å²) in [5.74, 6) is 0.462. The number of carbonyl (C=O) groups excluding carboxylic acids is 1. The second-order valence-corrected chi connectivity index (χ2v) is 7.23. The van der Waals surface area contributed by atoms with Crippen molar-refractivity contribution in [1.29, 1.82) is 0 Å². The summed E-state index contributed by atoms with van der Waals surface area (Å²) in [6.45, 7) is 0.974. The molecule has 2 aromatic heterocycles. The zero-order valence-electron chi connectivity index (χ0n) is 16.8. The van der Waals surface area contributed by atoms with Gasteiger partial charge in [0.05, 0.1) is 25.0 Å². The number of aromatic nitrogens is 4. The molecule has 1 saturated heterocycles. The van der Waals surface area contributed by atoms with Gasteiger partial charge in [0.25, 0.3) is 5.91 Å². The van der Waals surface area contributed by atoms with E-state index in [2.05, 4.69) is 31.8 Å². The summed E-state index contributed by atoms with van der Waals surface area (Å²) >= 11 is 0. The lowest BCUT2D eigenvalue weighted by Gasteiger charge is -2.32. The number of amides is 1. The fourth-order valence-electron chi connectivity index (χ4n) is 3.81. The number of anilines is 2. The molecule has 0 spiro atoms. The number of benzene rings is 1. The van der Waals surface area contributed by atoms with Gasteiger partial charge < -0.3 is 21.1 Å². The van der Waals surface area contributed by atoms with Crippen molar-refractivity contribution in [2.24, 2.45) is 0 Å². The van der Waals surface area contributed by atoms with Crippen molar-refractivity contribution in [2.75, 3.05) is 24.7 Å². The first kappa shape index (κ1) is 19.8. The molecule has 1 unspecified atom stereocenters. The second kappa shape index (κ2) is 8.91. The number of piperidine rings is 1. The fourth-order valence-corrected chi connectivity index (χ4v) is 3.81. The summed E-state index contributed by atoms with van der Waals surface area (Å²) < 4.78 is 7.30. The molecule has 0 saturated carbocycles. The Hall–Kier alpha value is -3.46. The van der Waals surface area contributed by atoms with Crippen LogP contribution in [0, 0.1) is 0 Å². The van der Waals surface area contributed by atoms with Crippen LogP contribution in [0.1, 0.15) is 41.4 Å². The summed E-state index contributed by atoms with van der Waals surface area (Å²) in [5, 5.41) is 11.0. The highest BCUT2D eigenvalue weighted by molar-refractivity contribution is 6.05. The van der Waals surface area contributed by atoms with Gasteiger partial charge in [0, 0.05) is 24.6 Å². The molecule has 30 heavy (non-hydrogen) atoms. The largest absolute Gasteiger partial charge is 0.497 e. The molecule has 0 bridgehead atoms. The number of hydrogen-bond acceptors (Lipinski definition) is 7. The van der Waals surface area contributed by atoms with Crippen molar-refractivity contribution in [1.82, 2.24) is 25.1 Å². The van der Waals surface area contributed by atoms with Crippen LogP contribution in [0.4, 0.5) is 11.5 Å². The van der Waals surface area contributed by atoms with Crippen molar-refractivity contribution in [2.45, 2.75) is 31.3 Å². The SMILES string of the molecule is COc1cccc(C([C@H]2CCCCN2)n2cc(NC(=O)c3nccnc3N)cn2)c1. The van der Waals surface area contributed by atoms with Gasteiger partial charge in [0.2, 0.25) is 0 Å². The molecule has 1 aliphatic rings. The molecule has 9 nitrogen and oxygen atoms in total. The molecule has 4 rings (SSSR count). The van der Waals surface area contributed by atoms with Gasteiger partial charge >= 0.3 is 0 Å². The smallest absolute Gasteiger partial charge is 0.278 e. The Morgan fingerprint density at radius 2 is 2.20 bits per heavy atom. The number of ether oxygens (including phenoxy) is 1. The normalized spacial score (nSPS) is 17.3. The van der Waals surface area contributed by atoms with Crippen LogP contribution in [0.2, 0.25) is 0 Å². The number of nitrogens with zero attached hydrogens (tertiary/aromatic N) is 4. The molecule has 3 aromatic rings. The Kier molecular flexibility index (Phi) is 5.89.